The first-order chi connectivity index (χ1) is 9.84. The highest BCUT2D eigenvalue weighted by Crippen LogP contribution is 2.09. The van der Waals surface area contributed by atoms with Gasteiger partial charge >= 0.3 is 0 Å². The van der Waals surface area contributed by atoms with E-state index in [1.807, 2.05) is 6.20 Å². The van der Waals surface area contributed by atoms with Crippen molar-refractivity contribution < 1.29 is 0 Å². The third-order valence-corrected chi connectivity index (χ3v) is 3.81. The van der Waals surface area contributed by atoms with Crippen LogP contribution < -0.4 is 5.32 Å². The number of pyridine rings is 1. The molecule has 0 aliphatic rings. The summed E-state index contributed by atoms with van der Waals surface area (Å²) >= 11 is 0. The van der Waals surface area contributed by atoms with Gasteiger partial charge in [-0.05, 0) is 44.9 Å². The van der Waals surface area contributed by atoms with Crippen LogP contribution in [0.3, 0.4) is 0 Å². The Morgan fingerprint density at radius 3 is 2.43 bits per heavy atom. The van der Waals surface area contributed by atoms with Gasteiger partial charge in [-0.15, -0.1) is 0 Å². The average Bonchev–Trinajstić information content (AvgIpc) is 2.44. The second-order valence-electron chi connectivity index (χ2n) is 7.10. The van der Waals surface area contributed by atoms with Gasteiger partial charge in [-0.3, -0.25) is 9.88 Å². The quantitative estimate of drug-likeness (QED) is 0.789. The molecule has 1 aromatic rings. The average molecular weight is 291 g/mol. The minimum Gasteiger partial charge on any atom is -0.308 e. The van der Waals surface area contributed by atoms with E-state index >= 15 is 0 Å². The Kier molecular flexibility index (Phi) is 7.33. The van der Waals surface area contributed by atoms with Gasteiger partial charge in [-0.25, -0.2) is 0 Å². The fraction of sp³-hybridized carbons (Fsp3) is 0.722. The molecule has 21 heavy (non-hydrogen) atoms. The third kappa shape index (κ3) is 7.58. The highest BCUT2D eigenvalue weighted by molar-refractivity contribution is 5.14. The van der Waals surface area contributed by atoms with E-state index in [4.69, 9.17) is 0 Å². The molecule has 120 valence electrons. The number of nitrogens with one attached hydrogen (secondary N) is 1. The SMILES string of the molecule is CCC(C)CN(CC)Cc1ccc(CNC(C)(C)C)cn1. The number of nitrogens with zero attached hydrogens (tertiary/aromatic N) is 2. The Bertz CT molecular complexity index is 392. The largest absolute Gasteiger partial charge is 0.308 e. The summed E-state index contributed by atoms with van der Waals surface area (Å²) in [4.78, 5) is 7.09. The highest BCUT2D eigenvalue weighted by atomic mass is 15.1. The normalized spacial score (nSPS) is 13.7. The smallest absolute Gasteiger partial charge is 0.0544 e. The van der Waals surface area contributed by atoms with E-state index in [-0.39, 0.29) is 5.54 Å². The molecule has 0 spiro atoms. The van der Waals surface area contributed by atoms with Gasteiger partial charge < -0.3 is 5.32 Å². The standard InChI is InChI=1S/C18H33N3/c1-7-15(3)13-21(8-2)14-17-10-9-16(11-19-17)12-20-18(4,5)6/h9-11,15,20H,7-8,12-14H2,1-6H3. The molecular weight excluding hydrogens is 258 g/mol. The summed E-state index contributed by atoms with van der Waals surface area (Å²) in [5, 5.41) is 3.49. The molecule has 1 unspecified atom stereocenters. The van der Waals surface area contributed by atoms with E-state index in [0.717, 1.165) is 32.1 Å². The van der Waals surface area contributed by atoms with Gasteiger partial charge in [0, 0.05) is 31.4 Å². The Labute approximate surface area is 131 Å². The summed E-state index contributed by atoms with van der Waals surface area (Å²) in [6, 6.07) is 4.36. The maximum atomic E-state index is 4.62. The van der Waals surface area contributed by atoms with Gasteiger partial charge in [0.1, 0.15) is 0 Å². The van der Waals surface area contributed by atoms with Crippen LogP contribution in [0.1, 0.15) is 59.2 Å². The van der Waals surface area contributed by atoms with Crippen molar-refractivity contribution in [3.05, 3.63) is 29.6 Å². The van der Waals surface area contributed by atoms with Crippen LogP contribution in [0.4, 0.5) is 0 Å². The first kappa shape index (κ1) is 18.1. The van der Waals surface area contributed by atoms with Crippen molar-refractivity contribution in [2.45, 2.75) is 66.6 Å². The molecule has 1 rings (SSSR count). The molecule has 0 saturated carbocycles. The van der Waals surface area contributed by atoms with Gasteiger partial charge in [-0.2, -0.15) is 0 Å². The first-order valence-electron chi connectivity index (χ1n) is 8.25. The molecule has 1 atom stereocenters. The first-order valence-corrected chi connectivity index (χ1v) is 8.25. The van der Waals surface area contributed by atoms with Gasteiger partial charge in [0.25, 0.3) is 0 Å². The second-order valence-corrected chi connectivity index (χ2v) is 7.10. The number of rotatable bonds is 8. The minimum absolute atomic E-state index is 0.147. The number of hydrogen-bond donors (Lipinski definition) is 1. The summed E-state index contributed by atoms with van der Waals surface area (Å²) in [6.07, 6.45) is 3.24. The van der Waals surface area contributed by atoms with E-state index in [9.17, 15) is 0 Å². The van der Waals surface area contributed by atoms with Crippen molar-refractivity contribution >= 4 is 0 Å². The molecule has 3 heteroatoms. The van der Waals surface area contributed by atoms with Gasteiger partial charge in [0.2, 0.25) is 0 Å². The van der Waals surface area contributed by atoms with Crippen LogP contribution in [0, 0.1) is 5.92 Å². The Morgan fingerprint density at radius 1 is 1.24 bits per heavy atom. The fourth-order valence-corrected chi connectivity index (χ4v) is 2.12. The number of hydrogen-bond acceptors (Lipinski definition) is 3. The van der Waals surface area contributed by atoms with Crippen LogP contribution in [0.15, 0.2) is 18.3 Å². The predicted molar refractivity (Wildman–Crippen MR) is 91.2 cm³/mol. The van der Waals surface area contributed by atoms with E-state index in [2.05, 4.69) is 68.9 Å². The molecule has 1 heterocycles. The van der Waals surface area contributed by atoms with Crippen LogP contribution in [-0.2, 0) is 13.1 Å². The Morgan fingerprint density at radius 2 is 1.95 bits per heavy atom. The van der Waals surface area contributed by atoms with Crippen molar-refractivity contribution in [2.24, 2.45) is 5.92 Å². The third-order valence-electron chi connectivity index (χ3n) is 3.81. The summed E-state index contributed by atoms with van der Waals surface area (Å²) < 4.78 is 0. The zero-order valence-corrected chi connectivity index (χ0v) is 14.7. The Balaban J connectivity index is 2.53. The van der Waals surface area contributed by atoms with Crippen LogP contribution in [-0.4, -0.2) is 28.5 Å². The van der Waals surface area contributed by atoms with E-state index in [0.29, 0.717) is 0 Å². The van der Waals surface area contributed by atoms with Crippen molar-refractivity contribution in [3.8, 4) is 0 Å². The summed E-state index contributed by atoms with van der Waals surface area (Å²) in [5.74, 6) is 0.750. The van der Waals surface area contributed by atoms with Crippen molar-refractivity contribution in [2.75, 3.05) is 13.1 Å². The second kappa shape index (κ2) is 8.50. The predicted octanol–water partition coefficient (Wildman–Crippen LogP) is 3.84. The van der Waals surface area contributed by atoms with Crippen molar-refractivity contribution in [1.82, 2.24) is 15.2 Å². The zero-order valence-electron chi connectivity index (χ0n) is 14.7. The maximum Gasteiger partial charge on any atom is 0.0544 e. The summed E-state index contributed by atoms with van der Waals surface area (Å²) in [7, 11) is 0. The molecule has 1 N–H and O–H groups in total. The highest BCUT2D eigenvalue weighted by Gasteiger charge is 2.10. The van der Waals surface area contributed by atoms with Crippen LogP contribution >= 0.6 is 0 Å². The van der Waals surface area contributed by atoms with E-state index < -0.39 is 0 Å². The monoisotopic (exact) mass is 291 g/mol. The van der Waals surface area contributed by atoms with Crippen LogP contribution in [0.2, 0.25) is 0 Å². The lowest BCUT2D eigenvalue weighted by Crippen LogP contribution is -2.35. The number of aromatic nitrogens is 1. The lowest BCUT2D eigenvalue weighted by atomic mass is 10.1. The zero-order chi connectivity index (χ0) is 15.9. The molecule has 3 nitrogen and oxygen atoms in total. The van der Waals surface area contributed by atoms with E-state index in [1.54, 1.807) is 0 Å². The fourth-order valence-electron chi connectivity index (χ4n) is 2.12. The van der Waals surface area contributed by atoms with Crippen LogP contribution in [0.25, 0.3) is 0 Å². The van der Waals surface area contributed by atoms with Gasteiger partial charge in [0.15, 0.2) is 0 Å². The molecule has 0 radical (unpaired) electrons. The lowest BCUT2D eigenvalue weighted by molar-refractivity contribution is 0.235. The van der Waals surface area contributed by atoms with Crippen LogP contribution in [0.5, 0.6) is 0 Å². The molecule has 1 aromatic heterocycles. The molecule has 0 fully saturated rings. The summed E-state index contributed by atoms with van der Waals surface area (Å²) in [5.41, 5.74) is 2.56. The molecule has 0 aromatic carbocycles. The molecule has 0 bridgehead atoms. The molecule has 0 aliphatic heterocycles. The van der Waals surface area contributed by atoms with E-state index in [1.165, 1.54) is 17.7 Å². The topological polar surface area (TPSA) is 28.2 Å². The van der Waals surface area contributed by atoms with Crippen molar-refractivity contribution in [3.63, 3.8) is 0 Å². The molecule has 0 aliphatic carbocycles. The maximum absolute atomic E-state index is 4.62. The molecule has 0 amide bonds. The minimum atomic E-state index is 0.147. The van der Waals surface area contributed by atoms with Gasteiger partial charge in [0.05, 0.1) is 5.69 Å². The van der Waals surface area contributed by atoms with Gasteiger partial charge in [-0.1, -0.05) is 33.3 Å². The summed E-state index contributed by atoms with van der Waals surface area (Å²) in [6.45, 7) is 17.4. The Hall–Kier alpha value is -0.930. The molecular formula is C18H33N3. The lowest BCUT2D eigenvalue weighted by Gasteiger charge is -2.23. The molecule has 0 saturated heterocycles. The van der Waals surface area contributed by atoms with Crippen molar-refractivity contribution in [1.29, 1.82) is 0 Å².